The van der Waals surface area contributed by atoms with Crippen molar-refractivity contribution in [1.82, 2.24) is 10.2 Å². The Bertz CT molecular complexity index is 701. The molecule has 0 aromatic heterocycles. The summed E-state index contributed by atoms with van der Waals surface area (Å²) in [5.74, 6) is -1.86. The molecular weight excluding hydrogens is 324 g/mol. The van der Waals surface area contributed by atoms with E-state index in [0.29, 0.717) is 6.54 Å². The van der Waals surface area contributed by atoms with E-state index in [-0.39, 0.29) is 17.9 Å². The van der Waals surface area contributed by atoms with Crippen LogP contribution in [-0.4, -0.2) is 56.7 Å². The van der Waals surface area contributed by atoms with Crippen LogP contribution < -0.4 is 5.32 Å². The van der Waals surface area contributed by atoms with E-state index < -0.39 is 40.1 Å². The summed E-state index contributed by atoms with van der Waals surface area (Å²) in [6, 6.07) is 7.22. The number of nitrogens with zero attached hydrogens (tertiary/aromatic N) is 1. The van der Waals surface area contributed by atoms with Crippen molar-refractivity contribution in [2.24, 2.45) is 0 Å². The van der Waals surface area contributed by atoms with Crippen molar-refractivity contribution < 1.29 is 27.5 Å². The number of sulfone groups is 1. The van der Waals surface area contributed by atoms with Crippen LogP contribution in [0, 0.1) is 0 Å². The molecule has 124 valence electrons. The smallest absolute Gasteiger partial charge is 0.324 e. The van der Waals surface area contributed by atoms with E-state index in [1.165, 1.54) is 12.1 Å². The molecule has 2 rings (SSSR count). The van der Waals surface area contributed by atoms with Gasteiger partial charge in [0.2, 0.25) is 0 Å². The molecule has 3 amide bonds. The van der Waals surface area contributed by atoms with Crippen molar-refractivity contribution in [1.29, 1.82) is 0 Å². The number of carbonyl (C=O) groups is 3. The largest absolute Gasteiger partial charge is 0.456 e. The molecule has 0 spiro atoms. The van der Waals surface area contributed by atoms with Crippen LogP contribution in [0.2, 0.25) is 0 Å². The molecule has 1 heterocycles. The van der Waals surface area contributed by atoms with Crippen LogP contribution in [-0.2, 0) is 24.2 Å². The zero-order chi connectivity index (χ0) is 16.9. The Balaban J connectivity index is 1.79. The van der Waals surface area contributed by atoms with Gasteiger partial charge in [0, 0.05) is 13.1 Å². The minimum absolute atomic E-state index is 0.123. The number of ether oxygens (including phenoxy) is 1. The van der Waals surface area contributed by atoms with E-state index in [4.69, 9.17) is 4.74 Å². The first-order valence-corrected chi connectivity index (χ1v) is 8.57. The van der Waals surface area contributed by atoms with E-state index in [2.05, 4.69) is 5.32 Å². The van der Waals surface area contributed by atoms with Crippen LogP contribution in [0.15, 0.2) is 35.2 Å². The van der Waals surface area contributed by atoms with Crippen molar-refractivity contribution in [3.05, 3.63) is 30.3 Å². The zero-order valence-corrected chi connectivity index (χ0v) is 13.0. The maximum Gasteiger partial charge on any atom is 0.324 e. The highest BCUT2D eigenvalue weighted by Gasteiger charge is 2.27. The molecular formula is C14H16N2O6S. The van der Waals surface area contributed by atoms with E-state index >= 15 is 0 Å². The molecule has 1 aromatic rings. The number of urea groups is 1. The lowest BCUT2D eigenvalue weighted by Gasteiger charge is -2.12. The number of rotatable bonds is 6. The van der Waals surface area contributed by atoms with Gasteiger partial charge in [0.05, 0.1) is 17.1 Å². The second kappa shape index (κ2) is 7.23. The fourth-order valence-corrected chi connectivity index (χ4v) is 3.21. The SMILES string of the molecule is O=C(CCS(=O)(=O)c1ccccc1)OCC(=O)N1CCNC1=O. The lowest BCUT2D eigenvalue weighted by Crippen LogP contribution is -2.37. The third kappa shape index (κ3) is 4.52. The fourth-order valence-electron chi connectivity index (χ4n) is 1.97. The monoisotopic (exact) mass is 340 g/mol. The third-order valence-electron chi connectivity index (χ3n) is 3.19. The minimum Gasteiger partial charge on any atom is -0.456 e. The van der Waals surface area contributed by atoms with Crippen molar-refractivity contribution in [3.63, 3.8) is 0 Å². The maximum atomic E-state index is 12.0. The van der Waals surface area contributed by atoms with Gasteiger partial charge in [-0.05, 0) is 12.1 Å². The van der Waals surface area contributed by atoms with Gasteiger partial charge < -0.3 is 10.1 Å². The molecule has 1 aromatic carbocycles. The predicted molar refractivity (Wildman–Crippen MR) is 79.2 cm³/mol. The fraction of sp³-hybridized carbons (Fsp3) is 0.357. The Morgan fingerprint density at radius 3 is 2.52 bits per heavy atom. The Labute approximate surface area is 133 Å². The van der Waals surface area contributed by atoms with E-state index in [1.807, 2.05) is 0 Å². The molecule has 0 atom stereocenters. The highest BCUT2D eigenvalue weighted by molar-refractivity contribution is 7.91. The topological polar surface area (TPSA) is 110 Å². The van der Waals surface area contributed by atoms with Crippen LogP contribution in [0.1, 0.15) is 6.42 Å². The second-order valence-corrected chi connectivity index (χ2v) is 6.93. The number of amides is 3. The van der Waals surface area contributed by atoms with Gasteiger partial charge >= 0.3 is 12.0 Å². The Morgan fingerprint density at radius 2 is 1.91 bits per heavy atom. The first-order valence-electron chi connectivity index (χ1n) is 6.92. The molecule has 9 heteroatoms. The van der Waals surface area contributed by atoms with Crippen LogP contribution >= 0.6 is 0 Å². The van der Waals surface area contributed by atoms with Crippen LogP contribution in [0.5, 0.6) is 0 Å². The molecule has 0 aliphatic carbocycles. The molecule has 0 radical (unpaired) electrons. The summed E-state index contributed by atoms with van der Waals surface area (Å²) >= 11 is 0. The number of hydrogen-bond donors (Lipinski definition) is 1. The molecule has 23 heavy (non-hydrogen) atoms. The minimum atomic E-state index is -3.58. The summed E-state index contributed by atoms with van der Waals surface area (Å²) in [5, 5.41) is 2.45. The van der Waals surface area contributed by atoms with E-state index in [0.717, 1.165) is 4.90 Å². The molecule has 1 aliphatic rings. The summed E-state index contributed by atoms with van der Waals surface area (Å²) in [5.41, 5.74) is 0. The van der Waals surface area contributed by atoms with Gasteiger partial charge in [0.1, 0.15) is 0 Å². The molecule has 0 bridgehead atoms. The van der Waals surface area contributed by atoms with E-state index in [1.54, 1.807) is 18.2 Å². The second-order valence-electron chi connectivity index (χ2n) is 4.82. The summed E-state index contributed by atoms with van der Waals surface area (Å²) in [4.78, 5) is 35.5. The number of carbonyl (C=O) groups excluding carboxylic acids is 3. The van der Waals surface area contributed by atoms with Gasteiger partial charge in [0.15, 0.2) is 16.4 Å². The molecule has 1 N–H and O–H groups in total. The standard InChI is InChI=1S/C14H16N2O6S/c17-12(16-8-7-15-14(16)19)10-22-13(18)6-9-23(20,21)11-4-2-1-3-5-11/h1-5H,6-10H2,(H,15,19). The average Bonchev–Trinajstić information content (AvgIpc) is 2.98. The van der Waals surface area contributed by atoms with E-state index in [9.17, 15) is 22.8 Å². The van der Waals surface area contributed by atoms with Crippen molar-refractivity contribution in [2.45, 2.75) is 11.3 Å². The third-order valence-corrected chi connectivity index (χ3v) is 4.92. The normalized spacial score (nSPS) is 14.4. The molecule has 1 fully saturated rings. The first-order chi connectivity index (χ1) is 10.9. The van der Waals surface area contributed by atoms with Crippen molar-refractivity contribution >= 4 is 27.7 Å². The summed E-state index contributed by atoms with van der Waals surface area (Å²) in [7, 11) is -3.58. The first kappa shape index (κ1) is 16.9. The van der Waals surface area contributed by atoms with Gasteiger partial charge in [-0.15, -0.1) is 0 Å². The summed E-state index contributed by atoms with van der Waals surface area (Å²) in [6.45, 7) is -0.0108. The summed E-state index contributed by atoms with van der Waals surface area (Å²) in [6.07, 6.45) is -0.364. The van der Waals surface area contributed by atoms with Crippen molar-refractivity contribution in [2.75, 3.05) is 25.4 Å². The number of benzene rings is 1. The number of esters is 1. The average molecular weight is 340 g/mol. The summed E-state index contributed by atoms with van der Waals surface area (Å²) < 4.78 is 28.7. The zero-order valence-electron chi connectivity index (χ0n) is 12.2. The molecule has 0 saturated carbocycles. The van der Waals surface area contributed by atoms with Gasteiger partial charge in [-0.25, -0.2) is 13.2 Å². The molecule has 8 nitrogen and oxygen atoms in total. The van der Waals surface area contributed by atoms with Gasteiger partial charge in [0.25, 0.3) is 5.91 Å². The number of nitrogens with one attached hydrogen (secondary N) is 1. The van der Waals surface area contributed by atoms with Gasteiger partial charge in [-0.2, -0.15) is 0 Å². The predicted octanol–water partition coefficient (Wildman–Crippen LogP) is -0.0546. The molecule has 1 saturated heterocycles. The highest BCUT2D eigenvalue weighted by Crippen LogP contribution is 2.11. The Morgan fingerprint density at radius 1 is 1.22 bits per heavy atom. The van der Waals surface area contributed by atoms with Crippen LogP contribution in [0.25, 0.3) is 0 Å². The Hall–Kier alpha value is -2.42. The maximum absolute atomic E-state index is 12.0. The number of hydrogen-bond acceptors (Lipinski definition) is 6. The molecule has 0 unspecified atom stereocenters. The Kier molecular flexibility index (Phi) is 5.32. The van der Waals surface area contributed by atoms with Crippen molar-refractivity contribution in [3.8, 4) is 0 Å². The van der Waals surface area contributed by atoms with Gasteiger partial charge in [-0.3, -0.25) is 14.5 Å². The number of imide groups is 1. The molecule has 1 aliphatic heterocycles. The lowest BCUT2D eigenvalue weighted by molar-refractivity contribution is -0.150. The van der Waals surface area contributed by atoms with Gasteiger partial charge in [-0.1, -0.05) is 18.2 Å². The van der Waals surface area contributed by atoms with Crippen LogP contribution in [0.3, 0.4) is 0 Å². The quantitative estimate of drug-likeness (QED) is 0.727. The van der Waals surface area contributed by atoms with Crippen LogP contribution in [0.4, 0.5) is 4.79 Å². The lowest BCUT2D eigenvalue weighted by atomic mass is 10.4. The highest BCUT2D eigenvalue weighted by atomic mass is 32.2.